The summed E-state index contributed by atoms with van der Waals surface area (Å²) in [6.07, 6.45) is 0.668. The number of nitrogens with zero attached hydrogens (tertiary/aromatic N) is 5. The van der Waals surface area contributed by atoms with E-state index in [1.807, 2.05) is 39.5 Å². The second-order valence-electron chi connectivity index (χ2n) is 17.9. The zero-order valence-electron chi connectivity index (χ0n) is 36.3. The van der Waals surface area contributed by atoms with Crippen LogP contribution in [-0.4, -0.2) is 90.0 Å². The number of pyridine rings is 1. The van der Waals surface area contributed by atoms with E-state index in [1.54, 1.807) is 18.2 Å². The van der Waals surface area contributed by atoms with Gasteiger partial charge in [0.15, 0.2) is 17.8 Å². The number of benzene rings is 2. The fourth-order valence-electron chi connectivity index (χ4n) is 9.93. The number of methoxy groups -OCH3 is 1. The van der Waals surface area contributed by atoms with Gasteiger partial charge in [0, 0.05) is 24.6 Å². The zero-order chi connectivity index (χ0) is 42.7. The minimum absolute atomic E-state index is 0.0481. The molecule has 0 saturated carbocycles. The highest BCUT2D eigenvalue weighted by atomic mass is 32.2. The van der Waals surface area contributed by atoms with Gasteiger partial charge < -0.3 is 23.8 Å². The second kappa shape index (κ2) is 16.3. The summed E-state index contributed by atoms with van der Waals surface area (Å²) in [6, 6.07) is 5.79. The van der Waals surface area contributed by atoms with Gasteiger partial charge in [0.2, 0.25) is 5.88 Å². The number of ether oxygens (including phenoxy) is 4. The van der Waals surface area contributed by atoms with Crippen LogP contribution in [0.4, 0.5) is 19.4 Å². The van der Waals surface area contributed by atoms with E-state index in [9.17, 15) is 4.79 Å². The van der Waals surface area contributed by atoms with Gasteiger partial charge in [-0.15, -0.1) is 5.54 Å². The summed E-state index contributed by atoms with van der Waals surface area (Å²) >= 11 is 1.41. The number of anilines is 1. The van der Waals surface area contributed by atoms with Crippen LogP contribution >= 0.6 is 11.8 Å². The van der Waals surface area contributed by atoms with Crippen molar-refractivity contribution in [3.63, 3.8) is 0 Å². The second-order valence-corrected chi connectivity index (χ2v) is 24.7. The van der Waals surface area contributed by atoms with Crippen LogP contribution in [0, 0.1) is 23.1 Å². The van der Waals surface area contributed by atoms with Crippen LogP contribution in [0.5, 0.6) is 11.6 Å². The van der Waals surface area contributed by atoms with Gasteiger partial charge in [0.25, 0.3) is 0 Å². The Balaban J connectivity index is 1.48. The molecule has 3 aliphatic rings. The van der Waals surface area contributed by atoms with Crippen LogP contribution in [0.1, 0.15) is 94.6 Å². The largest absolute Gasteiger partial charge is 0.472 e. The Morgan fingerprint density at radius 1 is 1.03 bits per heavy atom. The van der Waals surface area contributed by atoms with E-state index >= 15 is 8.78 Å². The molecule has 316 valence electrons. The molecule has 0 aliphatic carbocycles. The number of hydrogen-bond donors (Lipinski definition) is 0. The minimum Gasteiger partial charge on any atom is -0.472 e. The van der Waals surface area contributed by atoms with Gasteiger partial charge in [-0.3, -0.25) is 4.90 Å². The Morgan fingerprint density at radius 3 is 2.39 bits per heavy atom. The van der Waals surface area contributed by atoms with Crippen molar-refractivity contribution in [3.05, 3.63) is 41.5 Å². The number of fused-ring (bicyclic) bond motifs is 6. The summed E-state index contributed by atoms with van der Waals surface area (Å²) < 4.78 is 58.0. The Morgan fingerprint density at radius 2 is 1.75 bits per heavy atom. The SMILES string of the molecule is CCSc1nc2c3c(nc(-c4cc(OCOC)cc5ccc(F)c(C#C[Si](C(C)C)(C(C)C)C(C)C)c45)c(F)c3n1)O[C@@H](C)[C@@H]1[C@@H]3CC[C@H](CN21)N3C(=O)OC(C)(C)C. The monoisotopic (exact) mass is 845 g/mol. The minimum atomic E-state index is -2.31. The number of piperazine rings is 1. The third-order valence-corrected chi connectivity index (χ3v) is 19.3. The first-order chi connectivity index (χ1) is 27.9. The van der Waals surface area contributed by atoms with Gasteiger partial charge in [-0.1, -0.05) is 72.2 Å². The van der Waals surface area contributed by atoms with Crippen LogP contribution in [0.2, 0.25) is 16.6 Å². The summed E-state index contributed by atoms with van der Waals surface area (Å²) in [5.41, 5.74) is 4.40. The maximum Gasteiger partial charge on any atom is 0.410 e. The molecule has 2 aromatic carbocycles. The summed E-state index contributed by atoms with van der Waals surface area (Å²) in [5, 5.41) is 1.79. The number of hydrogen-bond acceptors (Lipinski definition) is 10. The average molecular weight is 846 g/mol. The van der Waals surface area contributed by atoms with Crippen LogP contribution in [0.15, 0.2) is 29.4 Å². The first kappa shape index (κ1) is 42.9. The Kier molecular flexibility index (Phi) is 11.9. The summed E-state index contributed by atoms with van der Waals surface area (Å²) in [7, 11) is -0.795. The lowest BCUT2D eigenvalue weighted by molar-refractivity contribution is 0.000943. The average Bonchev–Trinajstić information content (AvgIpc) is 3.41. The van der Waals surface area contributed by atoms with Gasteiger partial charge in [-0.2, -0.15) is 0 Å². The molecule has 4 atom stereocenters. The van der Waals surface area contributed by atoms with Crippen molar-refractivity contribution in [2.24, 2.45) is 0 Å². The topological polar surface area (TPSA) is 99.1 Å². The number of rotatable bonds is 9. The van der Waals surface area contributed by atoms with Gasteiger partial charge in [-0.05, 0) is 86.5 Å². The van der Waals surface area contributed by atoms with E-state index in [1.165, 1.54) is 24.9 Å². The van der Waals surface area contributed by atoms with Crippen molar-refractivity contribution in [3.8, 4) is 34.4 Å². The predicted molar refractivity (Wildman–Crippen MR) is 233 cm³/mol. The number of carbonyl (C=O) groups excluding carboxylic acids is 1. The first-order valence-electron chi connectivity index (χ1n) is 20.8. The van der Waals surface area contributed by atoms with Gasteiger partial charge in [0.05, 0.1) is 23.7 Å². The molecule has 2 aromatic heterocycles. The number of aromatic nitrogens is 3. The number of thioether (sulfide) groups is 1. The van der Waals surface area contributed by atoms with Crippen LogP contribution in [-0.2, 0) is 9.47 Å². The number of amides is 1. The van der Waals surface area contributed by atoms with Crippen molar-refractivity contribution in [1.29, 1.82) is 0 Å². The normalized spacial score (nSPS) is 20.2. The fraction of sp³-hybridized carbons (Fsp3) is 0.556. The van der Waals surface area contributed by atoms with E-state index in [2.05, 4.69) is 57.9 Å². The van der Waals surface area contributed by atoms with Crippen molar-refractivity contribution < 1.29 is 32.5 Å². The third kappa shape index (κ3) is 7.60. The summed E-state index contributed by atoms with van der Waals surface area (Å²) in [6.45, 7) is 23.2. The molecule has 4 aromatic rings. The van der Waals surface area contributed by atoms with Crippen LogP contribution < -0.4 is 14.4 Å². The maximum atomic E-state index is 17.8. The Hall–Kier alpha value is -4.19. The van der Waals surface area contributed by atoms with Gasteiger partial charge in [-0.25, -0.2) is 28.5 Å². The highest BCUT2D eigenvalue weighted by Crippen LogP contribution is 2.48. The molecule has 59 heavy (non-hydrogen) atoms. The molecule has 0 radical (unpaired) electrons. The summed E-state index contributed by atoms with van der Waals surface area (Å²) in [5.74, 6) is 3.87. The molecule has 10 nitrogen and oxygen atoms in total. The van der Waals surface area contributed by atoms with Crippen molar-refractivity contribution in [1.82, 2.24) is 19.9 Å². The van der Waals surface area contributed by atoms with E-state index in [4.69, 9.17) is 33.9 Å². The molecule has 1 amide bonds. The highest BCUT2D eigenvalue weighted by molar-refractivity contribution is 7.99. The number of halogens is 2. The molecule has 14 heteroatoms. The van der Waals surface area contributed by atoms with E-state index < -0.39 is 31.4 Å². The first-order valence-corrected chi connectivity index (χ1v) is 24.0. The molecule has 5 heterocycles. The quantitative estimate of drug-likeness (QED) is 0.0532. The molecule has 0 spiro atoms. The van der Waals surface area contributed by atoms with E-state index in [0.29, 0.717) is 61.8 Å². The summed E-state index contributed by atoms with van der Waals surface area (Å²) in [4.78, 5) is 32.6. The standard InChI is InChI=1S/C45H57F2N5O5SSi/c1-13-58-43-49-39-36-41(50-43)51-22-29-15-17-34(52(29)44(53)57-45(9,10)11)40(51)27(8)56-42(36)48-38(37(39)47)32-21-30(55-23-54-12)20-28-14-16-33(46)31(35(28)32)18-19-59(24(2)3,25(4)5)26(6)7/h14,16,20-21,24-27,29,34,40H,13,15,17,22-23H2,1-12H3/t27-,29+,34-,40+/m0/s1. The molecule has 2 fully saturated rings. The van der Waals surface area contributed by atoms with Crippen LogP contribution in [0.25, 0.3) is 32.9 Å². The molecule has 0 unspecified atom stereocenters. The third-order valence-electron chi connectivity index (χ3n) is 12.3. The lowest BCUT2D eigenvalue weighted by Gasteiger charge is -2.48. The lowest BCUT2D eigenvalue weighted by atomic mass is 9.95. The van der Waals surface area contributed by atoms with Crippen molar-refractivity contribution >= 4 is 53.4 Å². The smallest absolute Gasteiger partial charge is 0.410 e. The van der Waals surface area contributed by atoms with Crippen LogP contribution in [0.3, 0.4) is 0 Å². The molecule has 3 aliphatic heterocycles. The highest BCUT2D eigenvalue weighted by Gasteiger charge is 2.54. The van der Waals surface area contributed by atoms with Crippen molar-refractivity contribution in [2.45, 2.75) is 141 Å². The Bertz CT molecular complexity index is 2320. The molecule has 7 rings (SSSR count). The zero-order valence-corrected chi connectivity index (χ0v) is 38.1. The molecule has 2 bridgehead atoms. The van der Waals surface area contributed by atoms with Gasteiger partial charge >= 0.3 is 6.09 Å². The van der Waals surface area contributed by atoms with E-state index in [0.717, 1.165) is 12.8 Å². The lowest BCUT2D eigenvalue weighted by Crippen LogP contribution is -2.65. The maximum absolute atomic E-state index is 17.8. The molecular weight excluding hydrogens is 789 g/mol. The predicted octanol–water partition coefficient (Wildman–Crippen LogP) is 10.5. The number of carbonyl (C=O) groups is 1. The van der Waals surface area contributed by atoms with Crippen molar-refractivity contribution in [2.75, 3.05) is 31.1 Å². The van der Waals surface area contributed by atoms with Gasteiger partial charge in [0.1, 0.15) is 53.8 Å². The Labute approximate surface area is 352 Å². The molecular formula is C45H57F2N5O5SSi. The van der Waals surface area contributed by atoms with E-state index in [-0.39, 0.29) is 59.2 Å². The molecule has 0 N–H and O–H groups in total. The molecule has 2 saturated heterocycles. The fourth-order valence-corrected chi connectivity index (χ4v) is 15.7.